The van der Waals surface area contributed by atoms with Crippen molar-refractivity contribution in [3.05, 3.63) is 135 Å². The second-order valence-corrected chi connectivity index (χ2v) is 12.3. The first-order chi connectivity index (χ1) is 21.1. The number of nitrogens with zero attached hydrogens (tertiary/aromatic N) is 3. The fourth-order valence-electron chi connectivity index (χ4n) is 7.99. The van der Waals surface area contributed by atoms with Gasteiger partial charge in [0.2, 0.25) is 5.43 Å². The number of amides is 1. The minimum Gasteiger partial charge on any atom is -0.482 e. The summed E-state index contributed by atoms with van der Waals surface area (Å²) in [7, 11) is 0. The number of carbonyl (C=O) groups excluding carboxylic acids is 1. The van der Waals surface area contributed by atoms with Gasteiger partial charge in [0.05, 0.1) is 0 Å². The van der Waals surface area contributed by atoms with Crippen LogP contribution in [0.2, 0.25) is 0 Å². The molecular weight excluding hydrogens is 538 g/mol. The number of benzene rings is 3. The zero-order valence-corrected chi connectivity index (χ0v) is 24.2. The van der Waals surface area contributed by atoms with Crippen LogP contribution in [0.1, 0.15) is 51.1 Å². The van der Waals surface area contributed by atoms with Crippen LogP contribution in [0.15, 0.2) is 95.9 Å². The second kappa shape index (κ2) is 10.4. The summed E-state index contributed by atoms with van der Waals surface area (Å²) in [6.07, 6.45) is 5.54. The second-order valence-electron chi connectivity index (χ2n) is 12.3. The van der Waals surface area contributed by atoms with Gasteiger partial charge in [-0.05, 0) is 59.4 Å². The molecule has 1 amide bonds. The fraction of sp³-hybridized carbons (Fsp3) is 0.333. The molecule has 7 nitrogen and oxygen atoms in total. The average molecular weight is 574 g/mol. The summed E-state index contributed by atoms with van der Waals surface area (Å²) < 4.78 is 13.8. The van der Waals surface area contributed by atoms with E-state index in [1.807, 2.05) is 39.9 Å². The number of fused-ring (bicyclic) bond motifs is 6. The van der Waals surface area contributed by atoms with Crippen LogP contribution in [-0.4, -0.2) is 41.9 Å². The van der Waals surface area contributed by atoms with E-state index < -0.39 is 5.54 Å². The van der Waals surface area contributed by atoms with Gasteiger partial charge in [0.1, 0.15) is 18.8 Å². The van der Waals surface area contributed by atoms with Gasteiger partial charge in [-0.3, -0.25) is 19.3 Å². The van der Waals surface area contributed by atoms with Crippen molar-refractivity contribution in [1.29, 1.82) is 0 Å². The molecule has 0 atom stereocenters. The Morgan fingerprint density at radius 3 is 2.16 bits per heavy atom. The minimum absolute atomic E-state index is 0.114. The highest BCUT2D eigenvalue weighted by Gasteiger charge is 2.58. The molecule has 0 unspecified atom stereocenters. The molecule has 0 saturated carbocycles. The molecular formula is C36H35N3O4. The highest BCUT2D eigenvalue weighted by molar-refractivity contribution is 5.96. The van der Waals surface area contributed by atoms with Crippen molar-refractivity contribution in [2.24, 2.45) is 11.8 Å². The largest absolute Gasteiger partial charge is 0.482 e. The van der Waals surface area contributed by atoms with Gasteiger partial charge in [0.15, 0.2) is 11.4 Å². The molecule has 2 aliphatic heterocycles. The lowest BCUT2D eigenvalue weighted by atomic mass is 9.81. The third kappa shape index (κ3) is 4.13. The molecule has 43 heavy (non-hydrogen) atoms. The van der Waals surface area contributed by atoms with Crippen molar-refractivity contribution in [3.8, 4) is 5.75 Å². The molecule has 4 aliphatic rings. The lowest BCUT2D eigenvalue weighted by Crippen LogP contribution is -2.64. The number of hydrogen-bond acceptors (Lipinski definition) is 5. The van der Waals surface area contributed by atoms with Gasteiger partial charge in [-0.2, -0.15) is 0 Å². The third-order valence-corrected chi connectivity index (χ3v) is 9.92. The molecule has 4 aromatic rings. The van der Waals surface area contributed by atoms with Gasteiger partial charge >= 0.3 is 0 Å². The van der Waals surface area contributed by atoms with Crippen molar-refractivity contribution in [2.45, 2.75) is 37.8 Å². The van der Waals surface area contributed by atoms with E-state index in [1.165, 1.54) is 22.3 Å². The number of carbonyl (C=O) groups is 1. The molecule has 0 N–H and O–H groups in total. The Hall–Kier alpha value is -4.36. The molecule has 2 aliphatic carbocycles. The highest BCUT2D eigenvalue weighted by atomic mass is 16.5. The number of ether oxygens (including phenoxy) is 2. The van der Waals surface area contributed by atoms with Gasteiger partial charge in [0, 0.05) is 37.9 Å². The summed E-state index contributed by atoms with van der Waals surface area (Å²) in [6, 6.07) is 28.8. The number of rotatable bonds is 6. The number of hydrogen-bond donors (Lipinski definition) is 0. The maximum atomic E-state index is 14.4. The van der Waals surface area contributed by atoms with Crippen LogP contribution in [0.4, 0.5) is 0 Å². The molecule has 1 saturated heterocycles. The van der Waals surface area contributed by atoms with Gasteiger partial charge in [-0.25, -0.2) is 0 Å². The summed E-state index contributed by atoms with van der Waals surface area (Å²) in [5, 5.41) is 2.36. The van der Waals surface area contributed by atoms with Crippen molar-refractivity contribution in [2.75, 3.05) is 31.4 Å². The Labute approximate surface area is 251 Å². The molecule has 3 aromatic carbocycles. The van der Waals surface area contributed by atoms with Gasteiger partial charge in [0.25, 0.3) is 5.91 Å². The van der Waals surface area contributed by atoms with Gasteiger partial charge in [-0.1, -0.05) is 78.9 Å². The Bertz CT molecular complexity index is 1690. The first-order valence-corrected chi connectivity index (χ1v) is 15.4. The predicted octanol–water partition coefficient (Wildman–Crippen LogP) is 4.88. The van der Waals surface area contributed by atoms with Crippen LogP contribution < -0.4 is 15.2 Å². The van der Waals surface area contributed by atoms with E-state index in [0.717, 1.165) is 31.2 Å². The maximum Gasteiger partial charge on any atom is 0.277 e. The Morgan fingerprint density at radius 1 is 0.814 bits per heavy atom. The summed E-state index contributed by atoms with van der Waals surface area (Å²) in [5.74, 6) is 0.592. The zero-order valence-electron chi connectivity index (χ0n) is 24.2. The van der Waals surface area contributed by atoms with E-state index >= 15 is 0 Å². The van der Waals surface area contributed by atoms with Crippen LogP contribution >= 0.6 is 0 Å². The molecule has 3 heterocycles. The first kappa shape index (κ1) is 26.3. The molecule has 8 rings (SSSR count). The van der Waals surface area contributed by atoms with Crippen LogP contribution in [-0.2, 0) is 29.7 Å². The lowest BCUT2D eigenvalue weighted by molar-refractivity contribution is 0.0383. The Morgan fingerprint density at radius 2 is 1.47 bits per heavy atom. The average Bonchev–Trinajstić information content (AvgIpc) is 3.54. The Kier molecular flexibility index (Phi) is 6.37. The van der Waals surface area contributed by atoms with Crippen molar-refractivity contribution < 1.29 is 14.3 Å². The van der Waals surface area contributed by atoms with Gasteiger partial charge in [-0.15, -0.1) is 0 Å². The minimum atomic E-state index is -0.484. The molecule has 0 bridgehead atoms. The van der Waals surface area contributed by atoms with Crippen LogP contribution in [0.5, 0.6) is 5.75 Å². The summed E-state index contributed by atoms with van der Waals surface area (Å²) in [4.78, 5) is 29.9. The zero-order chi connectivity index (χ0) is 29.0. The smallest absolute Gasteiger partial charge is 0.277 e. The van der Waals surface area contributed by atoms with Crippen LogP contribution in [0, 0.1) is 11.8 Å². The first-order valence-electron chi connectivity index (χ1n) is 15.4. The van der Waals surface area contributed by atoms with Crippen LogP contribution in [0.25, 0.3) is 0 Å². The number of pyridine rings is 1. The van der Waals surface area contributed by atoms with E-state index in [-0.39, 0.29) is 23.7 Å². The SMILES string of the molecule is O=C1c2c(OCc3ccccc3)c(=O)ccn2N(C23c4ccccc4CC2Cc2ccccc23)CN1CC1CCOCC1. The lowest BCUT2D eigenvalue weighted by Gasteiger charge is -2.51. The predicted molar refractivity (Wildman–Crippen MR) is 164 cm³/mol. The van der Waals surface area contributed by atoms with E-state index in [1.54, 1.807) is 12.3 Å². The van der Waals surface area contributed by atoms with Crippen molar-refractivity contribution >= 4 is 5.91 Å². The number of aromatic nitrogens is 1. The molecule has 0 spiro atoms. The van der Waals surface area contributed by atoms with E-state index in [2.05, 4.69) is 53.5 Å². The standard InChI is InChI=1S/C36H35N3O4/c40-32-14-17-38-33(34(32)43-23-26-8-2-1-3-9-26)35(41)37(22-25-15-18-42-19-16-25)24-39(38)36-29(20-27-10-4-6-12-30(27)36)21-28-11-5-7-13-31(28)36/h1-14,17,25,29H,15-16,18-24H2. The van der Waals surface area contributed by atoms with Crippen molar-refractivity contribution in [3.63, 3.8) is 0 Å². The molecule has 1 aromatic heterocycles. The maximum absolute atomic E-state index is 14.4. The molecule has 0 radical (unpaired) electrons. The van der Waals surface area contributed by atoms with Crippen molar-refractivity contribution in [1.82, 2.24) is 9.58 Å². The molecule has 7 heteroatoms. The summed E-state index contributed by atoms with van der Waals surface area (Å²) in [5.41, 5.74) is 5.73. The fourth-order valence-corrected chi connectivity index (χ4v) is 7.99. The summed E-state index contributed by atoms with van der Waals surface area (Å²) >= 11 is 0. The monoisotopic (exact) mass is 573 g/mol. The topological polar surface area (TPSA) is 64.0 Å². The summed E-state index contributed by atoms with van der Waals surface area (Å²) in [6.45, 7) is 2.67. The Balaban J connectivity index is 1.31. The van der Waals surface area contributed by atoms with E-state index in [0.29, 0.717) is 44.0 Å². The quantitative estimate of drug-likeness (QED) is 0.329. The molecule has 218 valence electrons. The van der Waals surface area contributed by atoms with Gasteiger partial charge < -0.3 is 14.4 Å². The highest BCUT2D eigenvalue weighted by Crippen LogP contribution is 2.56. The van der Waals surface area contributed by atoms with E-state index in [4.69, 9.17) is 9.47 Å². The van der Waals surface area contributed by atoms with E-state index in [9.17, 15) is 9.59 Å². The van der Waals surface area contributed by atoms with Crippen LogP contribution in [0.3, 0.4) is 0 Å². The third-order valence-electron chi connectivity index (χ3n) is 9.92. The normalized spacial score (nSPS) is 22.6. The molecule has 1 fully saturated rings.